The molecular weight excluding hydrogens is 336 g/mol. The molecule has 0 saturated carbocycles. The van der Waals surface area contributed by atoms with Crippen LogP contribution in [0.1, 0.15) is 23.0 Å². The number of rotatable bonds is 4. The Labute approximate surface area is 152 Å². The van der Waals surface area contributed by atoms with Crippen molar-refractivity contribution in [3.05, 3.63) is 35.2 Å². The van der Waals surface area contributed by atoms with Crippen molar-refractivity contribution in [2.45, 2.75) is 19.9 Å². The lowest BCUT2D eigenvalue weighted by Gasteiger charge is -2.36. The molecule has 26 heavy (non-hydrogen) atoms. The van der Waals surface area contributed by atoms with Crippen LogP contribution in [0, 0.1) is 13.8 Å². The number of hydrogen-bond acceptors (Lipinski definition) is 5. The first-order valence-electron chi connectivity index (χ1n) is 8.44. The fraction of sp³-hybridized carbons (Fsp3) is 0.444. The topological polar surface area (TPSA) is 88.7 Å². The van der Waals surface area contributed by atoms with Gasteiger partial charge in [0, 0.05) is 29.6 Å². The van der Waals surface area contributed by atoms with Crippen LogP contribution in [0.4, 0.5) is 10.5 Å². The number of benzene rings is 1. The molecule has 8 heteroatoms. The molecule has 1 aliphatic rings. The van der Waals surface area contributed by atoms with Gasteiger partial charge in [-0.1, -0.05) is 0 Å². The summed E-state index contributed by atoms with van der Waals surface area (Å²) in [5, 5.41) is 10.2. The summed E-state index contributed by atoms with van der Waals surface area (Å²) in [4.78, 5) is 14.7. The Balaban J connectivity index is 1.81. The monoisotopic (exact) mass is 360 g/mol. The third kappa shape index (κ3) is 3.45. The minimum atomic E-state index is -0.189. The number of methoxy groups -OCH3 is 2. The molecule has 8 nitrogen and oxygen atoms in total. The van der Waals surface area contributed by atoms with Gasteiger partial charge >= 0.3 is 6.03 Å². The van der Waals surface area contributed by atoms with Crippen LogP contribution < -0.4 is 14.8 Å². The highest BCUT2D eigenvalue weighted by Gasteiger charge is 2.32. The normalized spacial score (nSPS) is 17.1. The first-order chi connectivity index (χ1) is 12.5. The molecule has 1 atom stereocenters. The third-order valence-corrected chi connectivity index (χ3v) is 4.54. The van der Waals surface area contributed by atoms with Crippen LogP contribution in [-0.4, -0.2) is 55.1 Å². The molecule has 140 valence electrons. The van der Waals surface area contributed by atoms with Gasteiger partial charge in [0.15, 0.2) is 11.5 Å². The lowest BCUT2D eigenvalue weighted by Crippen LogP contribution is -2.45. The lowest BCUT2D eigenvalue weighted by atomic mass is 10.0. The maximum Gasteiger partial charge on any atom is 0.322 e. The summed E-state index contributed by atoms with van der Waals surface area (Å²) in [6, 6.07) is 4.91. The van der Waals surface area contributed by atoms with Crippen molar-refractivity contribution in [2.75, 3.05) is 39.3 Å². The Hall–Kier alpha value is -2.74. The number of morpholine rings is 1. The van der Waals surface area contributed by atoms with Crippen LogP contribution in [0.5, 0.6) is 11.5 Å². The van der Waals surface area contributed by atoms with Crippen LogP contribution in [0.2, 0.25) is 0 Å². The van der Waals surface area contributed by atoms with Gasteiger partial charge in [-0.3, -0.25) is 5.10 Å². The maximum absolute atomic E-state index is 12.9. The minimum absolute atomic E-state index is 0.178. The number of nitrogens with zero attached hydrogens (tertiary/aromatic N) is 2. The average molecular weight is 360 g/mol. The molecule has 0 spiro atoms. The standard InChI is InChI=1S/C18H24N4O4/c1-11-17(12(2)21-20-11)14-10-26-8-7-22(14)18(23)19-13-5-6-15(24-3)16(9-13)25-4/h5-6,9,14H,7-8,10H2,1-4H3,(H,19,23)(H,20,21)/t14-/m0/s1. The molecule has 2 aromatic rings. The van der Waals surface area contributed by atoms with E-state index >= 15 is 0 Å². The first kappa shape index (κ1) is 18.1. The predicted molar refractivity (Wildman–Crippen MR) is 96.9 cm³/mol. The zero-order valence-electron chi connectivity index (χ0n) is 15.5. The fourth-order valence-electron chi connectivity index (χ4n) is 3.25. The molecule has 3 rings (SSSR count). The Bertz CT molecular complexity index is 770. The van der Waals surface area contributed by atoms with Gasteiger partial charge in [-0.2, -0.15) is 5.10 Å². The highest BCUT2D eigenvalue weighted by Crippen LogP contribution is 2.31. The van der Waals surface area contributed by atoms with Gasteiger partial charge in [0.05, 0.1) is 39.2 Å². The zero-order valence-corrected chi connectivity index (χ0v) is 15.5. The van der Waals surface area contributed by atoms with Crippen LogP contribution in [0.15, 0.2) is 18.2 Å². The molecule has 1 aliphatic heterocycles. The number of aromatic amines is 1. The molecule has 0 aliphatic carbocycles. The van der Waals surface area contributed by atoms with Crippen molar-refractivity contribution in [3.8, 4) is 11.5 Å². The van der Waals surface area contributed by atoms with E-state index in [4.69, 9.17) is 14.2 Å². The van der Waals surface area contributed by atoms with Gasteiger partial charge in [-0.25, -0.2) is 4.79 Å². The van der Waals surface area contributed by atoms with Crippen molar-refractivity contribution in [1.82, 2.24) is 15.1 Å². The fourth-order valence-corrected chi connectivity index (χ4v) is 3.25. The molecule has 2 heterocycles. The lowest BCUT2D eigenvalue weighted by molar-refractivity contribution is 0.0143. The number of carbonyl (C=O) groups excluding carboxylic acids is 1. The number of H-pyrrole nitrogens is 1. The molecule has 1 aromatic heterocycles. The molecule has 1 fully saturated rings. The minimum Gasteiger partial charge on any atom is -0.493 e. The van der Waals surface area contributed by atoms with Gasteiger partial charge in [0.1, 0.15) is 0 Å². The van der Waals surface area contributed by atoms with E-state index in [2.05, 4.69) is 15.5 Å². The Kier molecular flexibility index (Phi) is 5.32. The van der Waals surface area contributed by atoms with Crippen molar-refractivity contribution >= 4 is 11.7 Å². The second-order valence-electron chi connectivity index (χ2n) is 6.13. The Morgan fingerprint density at radius 1 is 1.31 bits per heavy atom. The summed E-state index contributed by atoms with van der Waals surface area (Å²) < 4.78 is 16.1. The number of ether oxygens (including phenoxy) is 3. The van der Waals surface area contributed by atoms with E-state index in [1.165, 1.54) is 0 Å². The van der Waals surface area contributed by atoms with Gasteiger partial charge in [-0.05, 0) is 26.0 Å². The number of carbonyl (C=O) groups is 1. The molecule has 1 aromatic carbocycles. The van der Waals surface area contributed by atoms with Gasteiger partial charge in [0.25, 0.3) is 0 Å². The Morgan fingerprint density at radius 2 is 2.08 bits per heavy atom. The highest BCUT2D eigenvalue weighted by atomic mass is 16.5. The van der Waals surface area contributed by atoms with Crippen LogP contribution in [-0.2, 0) is 4.74 Å². The van der Waals surface area contributed by atoms with Crippen LogP contribution >= 0.6 is 0 Å². The number of hydrogen-bond donors (Lipinski definition) is 2. The highest BCUT2D eigenvalue weighted by molar-refractivity contribution is 5.90. The molecule has 2 N–H and O–H groups in total. The summed E-state index contributed by atoms with van der Waals surface area (Å²) in [6.45, 7) is 5.34. The van der Waals surface area contributed by atoms with Crippen LogP contribution in [0.3, 0.4) is 0 Å². The number of aromatic nitrogens is 2. The summed E-state index contributed by atoms with van der Waals surface area (Å²) in [6.07, 6.45) is 0. The predicted octanol–water partition coefficient (Wildman–Crippen LogP) is 2.65. The first-order valence-corrected chi connectivity index (χ1v) is 8.44. The van der Waals surface area contributed by atoms with E-state index in [-0.39, 0.29) is 12.1 Å². The van der Waals surface area contributed by atoms with E-state index in [0.717, 1.165) is 17.0 Å². The molecule has 0 unspecified atom stereocenters. The number of amides is 2. The van der Waals surface area contributed by atoms with Crippen LogP contribution in [0.25, 0.3) is 0 Å². The smallest absolute Gasteiger partial charge is 0.322 e. The summed E-state index contributed by atoms with van der Waals surface area (Å²) in [5.74, 6) is 1.17. The molecule has 1 saturated heterocycles. The molecular formula is C18H24N4O4. The van der Waals surface area contributed by atoms with E-state index in [1.807, 2.05) is 13.8 Å². The van der Waals surface area contributed by atoms with Gasteiger partial charge < -0.3 is 24.4 Å². The number of nitrogens with one attached hydrogen (secondary N) is 2. The third-order valence-electron chi connectivity index (χ3n) is 4.54. The molecule has 0 bridgehead atoms. The van der Waals surface area contributed by atoms with Crippen molar-refractivity contribution in [1.29, 1.82) is 0 Å². The quantitative estimate of drug-likeness (QED) is 0.875. The molecule has 2 amide bonds. The second kappa shape index (κ2) is 7.65. The number of anilines is 1. The van der Waals surface area contributed by atoms with E-state index < -0.39 is 0 Å². The van der Waals surface area contributed by atoms with Crippen molar-refractivity contribution < 1.29 is 19.0 Å². The summed E-state index contributed by atoms with van der Waals surface area (Å²) in [7, 11) is 3.13. The van der Waals surface area contributed by atoms with E-state index in [9.17, 15) is 4.79 Å². The SMILES string of the molecule is COc1ccc(NC(=O)N2CCOC[C@H]2c2c(C)n[nH]c2C)cc1OC. The number of urea groups is 1. The maximum atomic E-state index is 12.9. The summed E-state index contributed by atoms with van der Waals surface area (Å²) >= 11 is 0. The average Bonchev–Trinajstić information content (AvgIpc) is 2.99. The van der Waals surface area contributed by atoms with E-state index in [0.29, 0.717) is 36.9 Å². The van der Waals surface area contributed by atoms with Gasteiger partial charge in [-0.15, -0.1) is 0 Å². The largest absolute Gasteiger partial charge is 0.493 e. The van der Waals surface area contributed by atoms with Crippen molar-refractivity contribution in [3.63, 3.8) is 0 Å². The van der Waals surface area contributed by atoms with Gasteiger partial charge in [0.2, 0.25) is 0 Å². The zero-order chi connectivity index (χ0) is 18.7. The summed E-state index contributed by atoms with van der Waals surface area (Å²) in [5.41, 5.74) is 3.47. The molecule has 0 radical (unpaired) electrons. The number of aryl methyl sites for hydroxylation is 2. The second-order valence-corrected chi connectivity index (χ2v) is 6.13. The Morgan fingerprint density at radius 3 is 2.73 bits per heavy atom. The van der Waals surface area contributed by atoms with E-state index in [1.54, 1.807) is 37.3 Å². The van der Waals surface area contributed by atoms with Crippen molar-refractivity contribution in [2.24, 2.45) is 0 Å².